The van der Waals surface area contributed by atoms with Gasteiger partial charge in [-0.1, -0.05) is 18.9 Å². The summed E-state index contributed by atoms with van der Waals surface area (Å²) in [6, 6.07) is 6.47. The number of imidazole rings is 1. The van der Waals surface area contributed by atoms with Crippen molar-refractivity contribution < 1.29 is 0 Å². The Kier molecular flexibility index (Phi) is 3.29. The first kappa shape index (κ1) is 12.0. The molecule has 18 heavy (non-hydrogen) atoms. The Morgan fingerprint density at radius 2 is 2.22 bits per heavy atom. The van der Waals surface area contributed by atoms with Crippen molar-refractivity contribution in [2.45, 2.75) is 45.0 Å². The standard InChI is InChI=1S/C15H19ClN2/c1-11-4-7-14-13(9-11)17-15(10-16)18(14)8-2-3-12-5-6-12/h4,7,9,12H,2-3,5-6,8,10H2,1H3. The predicted molar refractivity (Wildman–Crippen MR) is 76.0 cm³/mol. The number of alkyl halides is 1. The molecule has 96 valence electrons. The van der Waals surface area contributed by atoms with Crippen LogP contribution in [0.4, 0.5) is 0 Å². The van der Waals surface area contributed by atoms with E-state index in [1.807, 2.05) is 0 Å². The molecule has 1 aliphatic rings. The third-order valence-electron chi connectivity index (χ3n) is 3.79. The van der Waals surface area contributed by atoms with Gasteiger partial charge >= 0.3 is 0 Å². The van der Waals surface area contributed by atoms with Crippen molar-refractivity contribution in [3.05, 3.63) is 29.6 Å². The summed E-state index contributed by atoms with van der Waals surface area (Å²) in [6.07, 6.45) is 5.47. The van der Waals surface area contributed by atoms with Crippen molar-refractivity contribution in [3.8, 4) is 0 Å². The fourth-order valence-corrected chi connectivity index (χ4v) is 2.79. The van der Waals surface area contributed by atoms with E-state index in [0.717, 1.165) is 23.8 Å². The average Bonchev–Trinajstić information content (AvgIpc) is 3.11. The van der Waals surface area contributed by atoms with Gasteiger partial charge in [-0.05, 0) is 43.4 Å². The minimum absolute atomic E-state index is 0.497. The van der Waals surface area contributed by atoms with E-state index in [-0.39, 0.29) is 0 Å². The molecule has 3 heteroatoms. The lowest BCUT2D eigenvalue weighted by Gasteiger charge is -2.07. The van der Waals surface area contributed by atoms with Gasteiger partial charge in [0.2, 0.25) is 0 Å². The summed E-state index contributed by atoms with van der Waals surface area (Å²) in [7, 11) is 0. The Bertz CT molecular complexity index is 555. The van der Waals surface area contributed by atoms with E-state index in [2.05, 4.69) is 34.7 Å². The van der Waals surface area contributed by atoms with Crippen LogP contribution in [0.2, 0.25) is 0 Å². The predicted octanol–water partition coefficient (Wildman–Crippen LogP) is 4.27. The average molecular weight is 263 g/mol. The summed E-state index contributed by atoms with van der Waals surface area (Å²) in [5.41, 5.74) is 3.57. The molecule has 1 saturated carbocycles. The lowest BCUT2D eigenvalue weighted by molar-refractivity contribution is 0.576. The van der Waals surface area contributed by atoms with Crippen molar-refractivity contribution in [1.82, 2.24) is 9.55 Å². The summed E-state index contributed by atoms with van der Waals surface area (Å²) in [5.74, 6) is 2.51. The lowest BCUT2D eigenvalue weighted by atomic mass is 10.2. The Hall–Kier alpha value is -1.02. The lowest BCUT2D eigenvalue weighted by Crippen LogP contribution is -2.02. The normalized spacial score (nSPS) is 15.4. The Labute approximate surface area is 113 Å². The number of benzene rings is 1. The SMILES string of the molecule is Cc1ccc2c(c1)nc(CCl)n2CCCC1CC1. The molecule has 0 amide bonds. The Balaban J connectivity index is 1.86. The fourth-order valence-electron chi connectivity index (χ4n) is 2.59. The van der Waals surface area contributed by atoms with Crippen molar-refractivity contribution in [3.63, 3.8) is 0 Å². The van der Waals surface area contributed by atoms with Gasteiger partial charge in [0.05, 0.1) is 16.9 Å². The first-order chi connectivity index (χ1) is 8.78. The Morgan fingerprint density at radius 1 is 1.39 bits per heavy atom. The number of fused-ring (bicyclic) bond motifs is 1. The molecule has 1 aliphatic carbocycles. The third kappa shape index (κ3) is 2.39. The van der Waals surface area contributed by atoms with Crippen molar-refractivity contribution in [2.75, 3.05) is 0 Å². The number of aryl methyl sites for hydroxylation is 2. The topological polar surface area (TPSA) is 17.8 Å². The highest BCUT2D eigenvalue weighted by Crippen LogP contribution is 2.33. The summed E-state index contributed by atoms with van der Waals surface area (Å²) in [6.45, 7) is 3.16. The van der Waals surface area contributed by atoms with E-state index in [9.17, 15) is 0 Å². The number of aromatic nitrogens is 2. The van der Waals surface area contributed by atoms with E-state index < -0.39 is 0 Å². The molecule has 0 spiro atoms. The zero-order chi connectivity index (χ0) is 12.5. The third-order valence-corrected chi connectivity index (χ3v) is 4.03. The van der Waals surface area contributed by atoms with Gasteiger partial charge in [0, 0.05) is 6.54 Å². The van der Waals surface area contributed by atoms with Crippen LogP contribution < -0.4 is 0 Å². The molecule has 2 aromatic rings. The van der Waals surface area contributed by atoms with Crippen molar-refractivity contribution in [2.24, 2.45) is 5.92 Å². The highest BCUT2D eigenvalue weighted by atomic mass is 35.5. The van der Waals surface area contributed by atoms with Crippen LogP contribution in [-0.4, -0.2) is 9.55 Å². The van der Waals surface area contributed by atoms with Gasteiger partial charge in [-0.2, -0.15) is 0 Å². The number of rotatable bonds is 5. The van der Waals surface area contributed by atoms with Crippen LogP contribution in [0.5, 0.6) is 0 Å². The smallest absolute Gasteiger partial charge is 0.124 e. The molecule has 0 aliphatic heterocycles. The molecule has 1 aromatic heterocycles. The van der Waals surface area contributed by atoms with Gasteiger partial charge in [-0.25, -0.2) is 4.98 Å². The Morgan fingerprint density at radius 3 is 2.94 bits per heavy atom. The first-order valence-corrected chi connectivity index (χ1v) is 7.33. The number of nitrogens with zero attached hydrogens (tertiary/aromatic N) is 2. The van der Waals surface area contributed by atoms with Crippen molar-refractivity contribution in [1.29, 1.82) is 0 Å². The maximum atomic E-state index is 6.01. The number of halogens is 1. The summed E-state index contributed by atoms with van der Waals surface area (Å²) in [5, 5.41) is 0. The number of hydrogen-bond donors (Lipinski definition) is 0. The summed E-state index contributed by atoms with van der Waals surface area (Å²) in [4.78, 5) is 4.64. The maximum Gasteiger partial charge on any atom is 0.124 e. The van der Waals surface area contributed by atoms with E-state index in [1.165, 1.54) is 36.8 Å². The molecule has 3 rings (SSSR count). The summed E-state index contributed by atoms with van der Waals surface area (Å²) < 4.78 is 2.30. The monoisotopic (exact) mass is 262 g/mol. The van der Waals surface area contributed by atoms with Gasteiger partial charge in [0.1, 0.15) is 5.82 Å². The van der Waals surface area contributed by atoms with E-state index in [1.54, 1.807) is 0 Å². The zero-order valence-corrected chi connectivity index (χ0v) is 11.6. The van der Waals surface area contributed by atoms with Crippen LogP contribution in [0.25, 0.3) is 11.0 Å². The van der Waals surface area contributed by atoms with Crippen LogP contribution in [0, 0.1) is 12.8 Å². The second-order valence-electron chi connectivity index (χ2n) is 5.39. The van der Waals surface area contributed by atoms with Crippen LogP contribution in [0.1, 0.15) is 37.1 Å². The molecule has 0 radical (unpaired) electrons. The van der Waals surface area contributed by atoms with Gasteiger partial charge < -0.3 is 4.57 Å². The molecule has 1 aromatic carbocycles. The van der Waals surface area contributed by atoms with E-state index in [4.69, 9.17) is 11.6 Å². The molecule has 0 atom stereocenters. The molecule has 2 nitrogen and oxygen atoms in total. The highest BCUT2D eigenvalue weighted by molar-refractivity contribution is 6.16. The highest BCUT2D eigenvalue weighted by Gasteiger charge is 2.20. The van der Waals surface area contributed by atoms with Crippen LogP contribution >= 0.6 is 11.6 Å². The molecule has 0 unspecified atom stereocenters. The number of hydrogen-bond acceptors (Lipinski definition) is 1. The minimum atomic E-state index is 0.497. The van der Waals surface area contributed by atoms with E-state index >= 15 is 0 Å². The van der Waals surface area contributed by atoms with Gasteiger partial charge in [0.25, 0.3) is 0 Å². The second-order valence-corrected chi connectivity index (χ2v) is 5.66. The zero-order valence-electron chi connectivity index (χ0n) is 10.8. The first-order valence-electron chi connectivity index (χ1n) is 6.79. The van der Waals surface area contributed by atoms with Crippen molar-refractivity contribution >= 4 is 22.6 Å². The molecular formula is C15H19ClN2. The minimum Gasteiger partial charge on any atom is -0.327 e. The van der Waals surface area contributed by atoms with Crippen LogP contribution in [0.15, 0.2) is 18.2 Å². The molecular weight excluding hydrogens is 244 g/mol. The van der Waals surface area contributed by atoms with Gasteiger partial charge in [-0.15, -0.1) is 11.6 Å². The van der Waals surface area contributed by atoms with Crippen LogP contribution in [-0.2, 0) is 12.4 Å². The molecule has 0 saturated heterocycles. The molecule has 1 heterocycles. The molecule has 0 N–H and O–H groups in total. The fraction of sp³-hybridized carbons (Fsp3) is 0.533. The van der Waals surface area contributed by atoms with E-state index in [0.29, 0.717) is 5.88 Å². The largest absolute Gasteiger partial charge is 0.327 e. The van der Waals surface area contributed by atoms with Gasteiger partial charge in [0.15, 0.2) is 0 Å². The van der Waals surface area contributed by atoms with Crippen LogP contribution in [0.3, 0.4) is 0 Å². The van der Waals surface area contributed by atoms with Gasteiger partial charge in [-0.3, -0.25) is 0 Å². The molecule has 0 bridgehead atoms. The quantitative estimate of drug-likeness (QED) is 0.736. The molecule has 1 fully saturated rings. The summed E-state index contributed by atoms with van der Waals surface area (Å²) >= 11 is 6.01. The maximum absolute atomic E-state index is 6.01. The second kappa shape index (κ2) is 4.93.